The first-order valence-corrected chi connectivity index (χ1v) is 9.26. The van der Waals surface area contributed by atoms with Crippen molar-refractivity contribution >= 4 is 23.5 Å². The molecule has 1 N–H and O–H groups in total. The maximum absolute atomic E-state index is 12.7. The van der Waals surface area contributed by atoms with E-state index >= 15 is 0 Å². The summed E-state index contributed by atoms with van der Waals surface area (Å²) in [4.78, 5) is 20.0. The Morgan fingerprint density at radius 2 is 2.17 bits per heavy atom. The molecule has 0 aliphatic carbocycles. The molecule has 1 aromatic heterocycles. The molecule has 24 heavy (non-hydrogen) atoms. The topological polar surface area (TPSA) is 71.3 Å². The number of amides is 2. The summed E-state index contributed by atoms with van der Waals surface area (Å²) in [5.74, 6) is 2.15. The Morgan fingerprint density at radius 1 is 1.38 bits per heavy atom. The second-order valence-corrected chi connectivity index (χ2v) is 7.11. The minimum atomic E-state index is -0.144. The summed E-state index contributed by atoms with van der Waals surface area (Å²) in [6, 6.07) is 7.66. The van der Waals surface area contributed by atoms with Crippen LogP contribution in [0.25, 0.3) is 0 Å². The van der Waals surface area contributed by atoms with Crippen LogP contribution in [0.15, 0.2) is 33.7 Å². The summed E-state index contributed by atoms with van der Waals surface area (Å²) in [6.07, 6.45) is 2.89. The Kier molecular flexibility index (Phi) is 5.40. The lowest BCUT2D eigenvalue weighted by Crippen LogP contribution is -2.41. The van der Waals surface area contributed by atoms with Crippen molar-refractivity contribution in [3.63, 3.8) is 0 Å². The van der Waals surface area contributed by atoms with Gasteiger partial charge in [0, 0.05) is 17.1 Å². The fourth-order valence-electron chi connectivity index (χ4n) is 2.88. The van der Waals surface area contributed by atoms with E-state index in [2.05, 4.69) is 22.4 Å². The molecule has 0 radical (unpaired) electrons. The summed E-state index contributed by atoms with van der Waals surface area (Å²) < 4.78 is 5.29. The van der Waals surface area contributed by atoms with Crippen LogP contribution in [0.3, 0.4) is 0 Å². The fourth-order valence-corrected chi connectivity index (χ4v) is 3.54. The van der Waals surface area contributed by atoms with E-state index in [0.29, 0.717) is 18.3 Å². The van der Waals surface area contributed by atoms with Gasteiger partial charge in [-0.2, -0.15) is 4.98 Å². The van der Waals surface area contributed by atoms with Crippen LogP contribution >= 0.6 is 11.8 Å². The number of rotatable bonds is 4. The number of anilines is 1. The predicted molar refractivity (Wildman–Crippen MR) is 94.2 cm³/mol. The van der Waals surface area contributed by atoms with Gasteiger partial charge < -0.3 is 14.7 Å². The van der Waals surface area contributed by atoms with E-state index in [9.17, 15) is 4.79 Å². The molecule has 1 aliphatic heterocycles. The molecule has 2 amide bonds. The van der Waals surface area contributed by atoms with Gasteiger partial charge in [-0.3, -0.25) is 0 Å². The molecule has 3 rings (SSSR count). The molecule has 1 atom stereocenters. The number of piperidine rings is 1. The SMILES string of the molecule is CCSc1ccc(NC(=O)N2CCCC[C@H]2c2nc(C)no2)cc1. The number of aromatic nitrogens is 2. The van der Waals surface area contributed by atoms with Gasteiger partial charge in [-0.1, -0.05) is 12.1 Å². The van der Waals surface area contributed by atoms with Crippen molar-refractivity contribution in [3.05, 3.63) is 36.0 Å². The normalized spacial score (nSPS) is 17.8. The number of nitrogens with zero attached hydrogens (tertiary/aromatic N) is 3. The van der Waals surface area contributed by atoms with Gasteiger partial charge in [0.15, 0.2) is 5.82 Å². The highest BCUT2D eigenvalue weighted by Gasteiger charge is 2.31. The average Bonchev–Trinajstić information content (AvgIpc) is 3.03. The van der Waals surface area contributed by atoms with E-state index in [4.69, 9.17) is 4.52 Å². The molecule has 0 unspecified atom stereocenters. The average molecular weight is 346 g/mol. The molecule has 128 valence electrons. The third kappa shape index (κ3) is 3.90. The standard InChI is InChI=1S/C17H22N4O2S/c1-3-24-14-9-7-13(8-10-14)19-17(22)21-11-5-4-6-15(21)16-18-12(2)20-23-16/h7-10,15H,3-6,11H2,1-2H3,(H,19,22)/t15-/m0/s1. The first kappa shape index (κ1) is 16.8. The minimum Gasteiger partial charge on any atom is -0.337 e. The second kappa shape index (κ2) is 7.70. The lowest BCUT2D eigenvalue weighted by Gasteiger charge is -2.33. The highest BCUT2D eigenvalue weighted by Crippen LogP contribution is 2.30. The minimum absolute atomic E-state index is 0.119. The Labute approximate surface area is 146 Å². The zero-order chi connectivity index (χ0) is 16.9. The molecule has 1 fully saturated rings. The van der Waals surface area contributed by atoms with Crippen molar-refractivity contribution < 1.29 is 9.32 Å². The Balaban J connectivity index is 1.69. The molecule has 6 nitrogen and oxygen atoms in total. The third-order valence-electron chi connectivity index (χ3n) is 4.01. The summed E-state index contributed by atoms with van der Waals surface area (Å²) in [7, 11) is 0. The van der Waals surface area contributed by atoms with Crippen LogP contribution < -0.4 is 5.32 Å². The van der Waals surface area contributed by atoms with Gasteiger partial charge in [0.1, 0.15) is 6.04 Å². The Hall–Kier alpha value is -2.02. The molecule has 7 heteroatoms. The van der Waals surface area contributed by atoms with E-state index in [-0.39, 0.29) is 12.1 Å². The number of carbonyl (C=O) groups is 1. The van der Waals surface area contributed by atoms with Gasteiger partial charge in [0.05, 0.1) is 0 Å². The maximum atomic E-state index is 12.7. The summed E-state index contributed by atoms with van der Waals surface area (Å²) in [6.45, 7) is 4.61. The van der Waals surface area contributed by atoms with Gasteiger partial charge in [-0.25, -0.2) is 4.79 Å². The number of hydrogen-bond donors (Lipinski definition) is 1. The zero-order valence-electron chi connectivity index (χ0n) is 14.0. The van der Waals surface area contributed by atoms with Crippen molar-refractivity contribution in [2.45, 2.75) is 44.0 Å². The van der Waals surface area contributed by atoms with Crippen LogP contribution in [0.5, 0.6) is 0 Å². The molecule has 1 aromatic carbocycles. The first-order chi connectivity index (χ1) is 11.7. The number of hydrogen-bond acceptors (Lipinski definition) is 5. The predicted octanol–water partition coefficient (Wildman–Crippen LogP) is 4.25. The number of urea groups is 1. The van der Waals surface area contributed by atoms with Gasteiger partial charge in [-0.15, -0.1) is 11.8 Å². The van der Waals surface area contributed by atoms with Crippen LogP contribution in [0.2, 0.25) is 0 Å². The Bertz CT molecular complexity index is 686. The van der Waals surface area contributed by atoms with Gasteiger partial charge in [0.2, 0.25) is 5.89 Å². The van der Waals surface area contributed by atoms with Crippen LogP contribution in [-0.2, 0) is 0 Å². The number of thioether (sulfide) groups is 1. The lowest BCUT2D eigenvalue weighted by atomic mass is 10.0. The maximum Gasteiger partial charge on any atom is 0.322 e. The van der Waals surface area contributed by atoms with Crippen LogP contribution in [0, 0.1) is 6.92 Å². The van der Waals surface area contributed by atoms with Crippen molar-refractivity contribution in [2.24, 2.45) is 0 Å². The summed E-state index contributed by atoms with van der Waals surface area (Å²) in [5.41, 5.74) is 0.798. The lowest BCUT2D eigenvalue weighted by molar-refractivity contribution is 0.142. The number of nitrogens with one attached hydrogen (secondary N) is 1. The van der Waals surface area contributed by atoms with Crippen molar-refractivity contribution in [1.82, 2.24) is 15.0 Å². The third-order valence-corrected chi connectivity index (χ3v) is 4.90. The van der Waals surface area contributed by atoms with E-state index in [1.54, 1.807) is 23.6 Å². The van der Waals surface area contributed by atoms with Gasteiger partial charge in [-0.05, 0) is 56.2 Å². The monoisotopic (exact) mass is 346 g/mol. The van der Waals surface area contributed by atoms with Crippen molar-refractivity contribution in [1.29, 1.82) is 0 Å². The van der Waals surface area contributed by atoms with Crippen molar-refractivity contribution in [3.8, 4) is 0 Å². The molecule has 1 aliphatic rings. The van der Waals surface area contributed by atoms with Crippen LogP contribution in [0.4, 0.5) is 10.5 Å². The largest absolute Gasteiger partial charge is 0.337 e. The highest BCUT2D eigenvalue weighted by molar-refractivity contribution is 7.99. The number of likely N-dealkylation sites (tertiary alicyclic amines) is 1. The van der Waals surface area contributed by atoms with Crippen LogP contribution in [-0.4, -0.2) is 33.4 Å². The Morgan fingerprint density at radius 3 is 2.83 bits per heavy atom. The van der Waals surface area contributed by atoms with E-state index in [1.165, 1.54) is 4.90 Å². The van der Waals surface area contributed by atoms with Gasteiger partial charge >= 0.3 is 6.03 Å². The summed E-state index contributed by atoms with van der Waals surface area (Å²) >= 11 is 1.78. The van der Waals surface area contributed by atoms with E-state index in [1.807, 2.05) is 24.3 Å². The van der Waals surface area contributed by atoms with Gasteiger partial charge in [0.25, 0.3) is 0 Å². The van der Waals surface area contributed by atoms with E-state index in [0.717, 1.165) is 30.7 Å². The number of benzene rings is 1. The smallest absolute Gasteiger partial charge is 0.322 e. The molecule has 1 saturated heterocycles. The first-order valence-electron chi connectivity index (χ1n) is 8.28. The highest BCUT2D eigenvalue weighted by atomic mass is 32.2. The number of carbonyl (C=O) groups excluding carboxylic acids is 1. The molecule has 0 saturated carbocycles. The second-order valence-electron chi connectivity index (χ2n) is 5.77. The fraction of sp³-hybridized carbons (Fsp3) is 0.471. The quantitative estimate of drug-likeness (QED) is 0.838. The molecule has 0 spiro atoms. The number of aryl methyl sites for hydroxylation is 1. The molecular formula is C17H22N4O2S. The summed E-state index contributed by atoms with van der Waals surface area (Å²) in [5, 5.41) is 6.83. The van der Waals surface area contributed by atoms with E-state index < -0.39 is 0 Å². The molecule has 2 heterocycles. The molecule has 0 bridgehead atoms. The molecular weight excluding hydrogens is 324 g/mol. The zero-order valence-corrected chi connectivity index (χ0v) is 14.8. The molecule has 2 aromatic rings. The van der Waals surface area contributed by atoms with Crippen molar-refractivity contribution in [2.75, 3.05) is 17.6 Å². The van der Waals surface area contributed by atoms with Crippen LogP contribution in [0.1, 0.15) is 43.9 Å².